The van der Waals surface area contributed by atoms with Gasteiger partial charge in [-0.1, -0.05) is 44.7 Å². The predicted molar refractivity (Wildman–Crippen MR) is 122 cm³/mol. The van der Waals surface area contributed by atoms with E-state index < -0.39 is 0 Å². The summed E-state index contributed by atoms with van der Waals surface area (Å²) in [5.74, 6) is 0.671. The maximum Gasteiger partial charge on any atom is 0.338 e. The maximum atomic E-state index is 12.8. The summed E-state index contributed by atoms with van der Waals surface area (Å²) in [7, 11) is 0. The van der Waals surface area contributed by atoms with Gasteiger partial charge in [0.25, 0.3) is 0 Å². The van der Waals surface area contributed by atoms with Crippen LogP contribution in [0.4, 0.5) is 5.69 Å². The number of carbonyl (C=O) groups excluding carboxylic acids is 2. The molecule has 0 aliphatic carbocycles. The van der Waals surface area contributed by atoms with E-state index in [0.29, 0.717) is 24.3 Å². The molecule has 1 N–H and O–H groups in total. The summed E-state index contributed by atoms with van der Waals surface area (Å²) < 4.78 is 5.36. The highest BCUT2D eigenvalue weighted by molar-refractivity contribution is 8.13. The first-order valence-corrected chi connectivity index (χ1v) is 11.4. The lowest BCUT2D eigenvalue weighted by Gasteiger charge is -2.40. The van der Waals surface area contributed by atoms with Gasteiger partial charge in [0.2, 0.25) is 5.91 Å². The number of rotatable bonds is 5. The van der Waals surface area contributed by atoms with Gasteiger partial charge in [0, 0.05) is 24.4 Å². The molecule has 0 aromatic heterocycles. The zero-order valence-electron chi connectivity index (χ0n) is 18.4. The molecule has 0 radical (unpaired) electrons. The fraction of sp³-hybridized carbons (Fsp3) is 0.522. The van der Waals surface area contributed by atoms with Crippen LogP contribution in [0.1, 0.15) is 59.1 Å². The molecule has 162 valence electrons. The zero-order valence-corrected chi connectivity index (χ0v) is 19.3. The van der Waals surface area contributed by atoms with Crippen LogP contribution in [-0.2, 0) is 14.3 Å². The molecule has 1 saturated heterocycles. The van der Waals surface area contributed by atoms with Crippen LogP contribution in [0.2, 0.25) is 0 Å². The van der Waals surface area contributed by atoms with Crippen LogP contribution in [-0.4, -0.2) is 40.8 Å². The molecule has 30 heavy (non-hydrogen) atoms. The molecule has 3 rings (SSSR count). The molecule has 1 atom stereocenters. The number of hydrogen-bond donors (Lipinski definition) is 1. The molecule has 2 aliphatic rings. The topological polar surface area (TPSA) is 71.0 Å². The van der Waals surface area contributed by atoms with Crippen molar-refractivity contribution in [1.29, 1.82) is 0 Å². The van der Waals surface area contributed by atoms with E-state index in [-0.39, 0.29) is 23.3 Å². The number of thioether (sulfide) groups is 1. The van der Waals surface area contributed by atoms with E-state index in [9.17, 15) is 9.59 Å². The minimum absolute atomic E-state index is 0.0172. The number of ether oxygens (including phenoxy) is 1. The molecule has 0 spiro atoms. The molecule has 1 fully saturated rings. The summed E-state index contributed by atoms with van der Waals surface area (Å²) in [6.07, 6.45) is 1.46. The molecule has 1 aromatic carbocycles. The number of anilines is 1. The Kier molecular flexibility index (Phi) is 6.91. The second kappa shape index (κ2) is 9.25. The van der Waals surface area contributed by atoms with E-state index in [4.69, 9.17) is 9.73 Å². The smallest absolute Gasteiger partial charge is 0.338 e. The van der Waals surface area contributed by atoms with Gasteiger partial charge in [0.05, 0.1) is 23.9 Å². The van der Waals surface area contributed by atoms with Crippen molar-refractivity contribution in [3.63, 3.8) is 0 Å². The predicted octanol–water partition coefficient (Wildman–Crippen LogP) is 4.75. The standard InChI is InChI=1S/C23H31N3O3S/c1-6-29-21(28)19-15(2)24-22-26(11-8-12-30-22)20(19)16-9-7-10-17(13-16)25-18(27)14-23(3,4)5/h7,9-10,13,20H,6,8,11-12,14H2,1-5H3,(H,25,27)/t20-/m1/s1. The van der Waals surface area contributed by atoms with E-state index in [2.05, 4.69) is 10.2 Å². The monoisotopic (exact) mass is 429 g/mol. The van der Waals surface area contributed by atoms with E-state index in [0.717, 1.165) is 35.1 Å². The van der Waals surface area contributed by atoms with Gasteiger partial charge in [-0.25, -0.2) is 9.79 Å². The molecule has 0 unspecified atom stereocenters. The van der Waals surface area contributed by atoms with Gasteiger partial charge in [-0.15, -0.1) is 0 Å². The third-order valence-corrected chi connectivity index (χ3v) is 6.01. The number of fused-ring (bicyclic) bond motifs is 1. The highest BCUT2D eigenvalue weighted by Crippen LogP contribution is 2.40. The maximum absolute atomic E-state index is 12.8. The van der Waals surface area contributed by atoms with Crippen LogP contribution in [0.5, 0.6) is 0 Å². The fourth-order valence-corrected chi connectivity index (χ4v) is 4.78. The third-order valence-electron chi connectivity index (χ3n) is 4.93. The molecular formula is C23H31N3O3S. The lowest BCUT2D eigenvalue weighted by molar-refractivity contribution is -0.139. The van der Waals surface area contributed by atoms with Crippen molar-refractivity contribution in [3.8, 4) is 0 Å². The molecule has 6 nitrogen and oxygen atoms in total. The van der Waals surface area contributed by atoms with Gasteiger partial charge < -0.3 is 15.0 Å². The summed E-state index contributed by atoms with van der Waals surface area (Å²) in [5, 5.41) is 3.95. The number of aliphatic imine (C=N–C) groups is 1. The fourth-order valence-electron chi connectivity index (χ4n) is 3.76. The second-order valence-corrected chi connectivity index (χ2v) is 9.89. The van der Waals surface area contributed by atoms with Crippen LogP contribution < -0.4 is 5.32 Å². The molecule has 2 aliphatic heterocycles. The Morgan fingerprint density at radius 1 is 1.33 bits per heavy atom. The summed E-state index contributed by atoms with van der Waals surface area (Å²) in [4.78, 5) is 32.1. The van der Waals surface area contributed by atoms with E-state index in [1.54, 1.807) is 11.8 Å². The number of carbonyl (C=O) groups is 2. The average molecular weight is 430 g/mol. The number of hydrogen-bond acceptors (Lipinski definition) is 6. The lowest BCUT2D eigenvalue weighted by Crippen LogP contribution is -2.42. The van der Waals surface area contributed by atoms with Crippen molar-refractivity contribution in [2.45, 2.75) is 53.5 Å². The normalized spacial score (nSPS) is 19.2. The van der Waals surface area contributed by atoms with Crippen LogP contribution >= 0.6 is 11.8 Å². The first-order chi connectivity index (χ1) is 14.2. The van der Waals surface area contributed by atoms with Gasteiger partial charge in [0.15, 0.2) is 5.17 Å². The summed E-state index contributed by atoms with van der Waals surface area (Å²) in [5.41, 5.74) is 2.86. The largest absolute Gasteiger partial charge is 0.463 e. The lowest BCUT2D eigenvalue weighted by atomic mass is 9.91. The van der Waals surface area contributed by atoms with Gasteiger partial charge >= 0.3 is 5.97 Å². The number of esters is 1. The van der Waals surface area contributed by atoms with E-state index in [1.807, 2.05) is 58.9 Å². The SMILES string of the molecule is CCOC(=O)C1=C(C)N=C2SCCCN2[C@@H]1c1cccc(NC(=O)CC(C)(C)C)c1. The Hall–Kier alpha value is -2.28. The summed E-state index contributed by atoms with van der Waals surface area (Å²) >= 11 is 1.72. The Balaban J connectivity index is 1.96. The number of allylic oxidation sites excluding steroid dienone is 1. The Morgan fingerprint density at radius 2 is 2.10 bits per heavy atom. The number of benzene rings is 1. The van der Waals surface area contributed by atoms with Crippen molar-refractivity contribution >= 4 is 34.5 Å². The second-order valence-electron chi connectivity index (χ2n) is 8.82. The van der Waals surface area contributed by atoms with Crippen molar-refractivity contribution in [1.82, 2.24) is 4.90 Å². The Morgan fingerprint density at radius 3 is 2.80 bits per heavy atom. The van der Waals surface area contributed by atoms with Crippen molar-refractivity contribution in [2.75, 3.05) is 24.2 Å². The Bertz CT molecular complexity index is 886. The Labute approximate surface area is 183 Å². The number of nitrogens with zero attached hydrogens (tertiary/aromatic N) is 2. The van der Waals surface area contributed by atoms with Gasteiger partial charge in [-0.05, 0) is 43.4 Å². The first kappa shape index (κ1) is 22.4. The van der Waals surface area contributed by atoms with Crippen molar-refractivity contribution < 1.29 is 14.3 Å². The van der Waals surface area contributed by atoms with Crippen molar-refractivity contribution in [3.05, 3.63) is 41.1 Å². The molecule has 7 heteroatoms. The highest BCUT2D eigenvalue weighted by Gasteiger charge is 2.38. The van der Waals surface area contributed by atoms with Crippen LogP contribution in [0.15, 0.2) is 40.5 Å². The first-order valence-electron chi connectivity index (χ1n) is 10.5. The number of amides is 1. The minimum atomic E-state index is -0.333. The van der Waals surface area contributed by atoms with Gasteiger partial charge in [-0.2, -0.15) is 0 Å². The van der Waals surface area contributed by atoms with Crippen molar-refractivity contribution in [2.24, 2.45) is 10.4 Å². The van der Waals surface area contributed by atoms with Gasteiger partial charge in [-0.3, -0.25) is 4.79 Å². The van der Waals surface area contributed by atoms with E-state index in [1.165, 1.54) is 0 Å². The minimum Gasteiger partial charge on any atom is -0.463 e. The van der Waals surface area contributed by atoms with E-state index >= 15 is 0 Å². The molecule has 0 saturated carbocycles. The average Bonchev–Trinajstić information content (AvgIpc) is 2.65. The zero-order chi connectivity index (χ0) is 21.9. The van der Waals surface area contributed by atoms with Gasteiger partial charge in [0.1, 0.15) is 0 Å². The molecule has 1 amide bonds. The summed E-state index contributed by atoms with van der Waals surface area (Å²) in [6, 6.07) is 7.48. The number of nitrogens with one attached hydrogen (secondary N) is 1. The van der Waals surface area contributed by atoms with Crippen LogP contribution in [0.3, 0.4) is 0 Å². The van der Waals surface area contributed by atoms with Crippen LogP contribution in [0, 0.1) is 5.41 Å². The molecule has 2 heterocycles. The molecule has 1 aromatic rings. The summed E-state index contributed by atoms with van der Waals surface area (Å²) in [6.45, 7) is 10.9. The number of amidine groups is 1. The van der Waals surface area contributed by atoms with Crippen LogP contribution in [0.25, 0.3) is 0 Å². The molecular weight excluding hydrogens is 398 g/mol. The third kappa shape index (κ3) is 5.25. The quantitative estimate of drug-likeness (QED) is 0.684. The highest BCUT2D eigenvalue weighted by atomic mass is 32.2. The molecule has 0 bridgehead atoms.